The van der Waals surface area contributed by atoms with Crippen molar-refractivity contribution in [2.45, 2.75) is 39.2 Å². The van der Waals surface area contributed by atoms with E-state index in [1.54, 1.807) is 15.8 Å². The molecule has 154 valence electrons. The number of aliphatic carboxylic acids is 1. The van der Waals surface area contributed by atoms with Gasteiger partial charge >= 0.3 is 5.97 Å². The summed E-state index contributed by atoms with van der Waals surface area (Å²) in [7, 11) is 0. The number of rotatable bonds is 5. The van der Waals surface area contributed by atoms with Crippen LogP contribution in [0.25, 0.3) is 5.69 Å². The van der Waals surface area contributed by atoms with Crippen LogP contribution in [0.1, 0.15) is 42.2 Å². The van der Waals surface area contributed by atoms with Crippen molar-refractivity contribution >= 4 is 17.8 Å². The number of para-hydroxylation sites is 1. The minimum Gasteiger partial charge on any atom is -0.480 e. The second kappa shape index (κ2) is 8.89. The molecule has 2 aromatic rings. The average molecular weight is 398 g/mol. The lowest BCUT2D eigenvalue weighted by atomic mass is 10.1. The summed E-state index contributed by atoms with van der Waals surface area (Å²) in [5.41, 5.74) is 2.23. The summed E-state index contributed by atoms with van der Waals surface area (Å²) in [4.78, 5) is 39.2. The largest absolute Gasteiger partial charge is 0.480 e. The average Bonchev–Trinajstić information content (AvgIpc) is 2.92. The maximum absolute atomic E-state index is 13.1. The fourth-order valence-electron chi connectivity index (χ4n) is 3.86. The van der Waals surface area contributed by atoms with Gasteiger partial charge in [0.1, 0.15) is 6.54 Å². The Morgan fingerprint density at radius 3 is 2.55 bits per heavy atom. The maximum Gasteiger partial charge on any atom is 0.323 e. The van der Waals surface area contributed by atoms with Crippen LogP contribution in [0.4, 0.5) is 0 Å². The molecule has 0 aliphatic carbocycles. The topological polar surface area (TPSA) is 95.7 Å². The maximum atomic E-state index is 13.1. The lowest BCUT2D eigenvalue weighted by Crippen LogP contribution is -2.43. The number of hydrogen-bond donors (Lipinski definition) is 1. The lowest BCUT2D eigenvalue weighted by Gasteiger charge is -2.28. The number of carboxylic acid groups (broad SMARTS) is 1. The van der Waals surface area contributed by atoms with E-state index in [2.05, 4.69) is 5.10 Å². The summed E-state index contributed by atoms with van der Waals surface area (Å²) >= 11 is 0. The van der Waals surface area contributed by atoms with Gasteiger partial charge in [-0.1, -0.05) is 18.2 Å². The molecule has 1 aromatic heterocycles. The van der Waals surface area contributed by atoms with Crippen LogP contribution in [0.3, 0.4) is 0 Å². The summed E-state index contributed by atoms with van der Waals surface area (Å²) in [5, 5.41) is 13.5. The van der Waals surface area contributed by atoms with Crippen LogP contribution in [0.5, 0.6) is 0 Å². The molecular formula is C21H26N4O4. The van der Waals surface area contributed by atoms with Gasteiger partial charge < -0.3 is 14.9 Å². The van der Waals surface area contributed by atoms with E-state index in [1.807, 2.05) is 37.3 Å². The normalized spacial score (nSPS) is 16.9. The first-order valence-electron chi connectivity index (χ1n) is 9.76. The van der Waals surface area contributed by atoms with Gasteiger partial charge in [-0.2, -0.15) is 5.10 Å². The van der Waals surface area contributed by atoms with Crippen molar-refractivity contribution in [3.63, 3.8) is 0 Å². The smallest absolute Gasteiger partial charge is 0.323 e. The first kappa shape index (κ1) is 20.6. The summed E-state index contributed by atoms with van der Waals surface area (Å²) in [5.74, 6) is -1.36. The molecule has 8 nitrogen and oxygen atoms in total. The van der Waals surface area contributed by atoms with Gasteiger partial charge in [0.05, 0.1) is 23.1 Å². The van der Waals surface area contributed by atoms with Gasteiger partial charge in [-0.25, -0.2) is 4.68 Å². The van der Waals surface area contributed by atoms with Gasteiger partial charge in [0, 0.05) is 26.1 Å². The molecular weight excluding hydrogens is 372 g/mol. The van der Waals surface area contributed by atoms with Gasteiger partial charge in [0.25, 0.3) is 5.91 Å². The molecule has 1 N–H and O–H groups in total. The monoisotopic (exact) mass is 398 g/mol. The van der Waals surface area contributed by atoms with Crippen LogP contribution in [0, 0.1) is 6.92 Å². The zero-order valence-corrected chi connectivity index (χ0v) is 16.7. The third kappa shape index (κ3) is 4.64. The Kier molecular flexibility index (Phi) is 6.31. The molecule has 1 saturated heterocycles. The second-order valence-corrected chi connectivity index (χ2v) is 7.31. The summed E-state index contributed by atoms with van der Waals surface area (Å²) in [6.45, 7) is 4.00. The van der Waals surface area contributed by atoms with Gasteiger partial charge in [0.2, 0.25) is 5.91 Å². The molecule has 2 heterocycles. The van der Waals surface area contributed by atoms with E-state index in [1.165, 1.54) is 11.8 Å². The Labute approximate surface area is 169 Å². The molecule has 29 heavy (non-hydrogen) atoms. The van der Waals surface area contributed by atoms with Crippen LogP contribution < -0.4 is 0 Å². The zero-order chi connectivity index (χ0) is 21.0. The number of nitrogens with zero attached hydrogens (tertiary/aromatic N) is 4. The summed E-state index contributed by atoms with van der Waals surface area (Å²) in [6, 6.07) is 9.47. The molecule has 8 heteroatoms. The number of carboxylic acids is 1. The number of amides is 2. The van der Waals surface area contributed by atoms with Gasteiger partial charge in [-0.15, -0.1) is 0 Å². The van der Waals surface area contributed by atoms with Crippen LogP contribution in [-0.4, -0.2) is 68.1 Å². The van der Waals surface area contributed by atoms with E-state index in [0.717, 1.165) is 11.4 Å². The molecule has 1 atom stereocenters. The minimum absolute atomic E-state index is 0.0852. The minimum atomic E-state index is -1.03. The fraction of sp³-hybridized carbons (Fsp3) is 0.429. The Hall–Kier alpha value is -3.16. The van der Waals surface area contributed by atoms with Crippen molar-refractivity contribution in [1.82, 2.24) is 19.6 Å². The van der Waals surface area contributed by atoms with Crippen molar-refractivity contribution < 1.29 is 19.5 Å². The van der Waals surface area contributed by atoms with Crippen LogP contribution in [-0.2, 0) is 9.59 Å². The third-order valence-corrected chi connectivity index (χ3v) is 5.38. The van der Waals surface area contributed by atoms with Crippen molar-refractivity contribution in [2.24, 2.45) is 0 Å². The molecule has 1 aromatic carbocycles. The van der Waals surface area contributed by atoms with Gasteiger partial charge in [-0.05, 0) is 38.3 Å². The number of carbonyl (C=O) groups is 3. The molecule has 1 unspecified atom stereocenters. The quantitative estimate of drug-likeness (QED) is 0.832. The number of carbonyl (C=O) groups excluding carboxylic acids is 2. The first-order valence-corrected chi connectivity index (χ1v) is 9.76. The molecule has 1 aliphatic rings. The Balaban J connectivity index is 1.72. The van der Waals surface area contributed by atoms with Gasteiger partial charge in [0.15, 0.2) is 0 Å². The predicted molar refractivity (Wildman–Crippen MR) is 107 cm³/mol. The van der Waals surface area contributed by atoms with E-state index < -0.39 is 5.97 Å². The molecule has 0 saturated carbocycles. The number of benzene rings is 1. The van der Waals surface area contributed by atoms with Crippen molar-refractivity contribution in [3.8, 4) is 5.69 Å². The van der Waals surface area contributed by atoms with E-state index in [9.17, 15) is 14.4 Å². The van der Waals surface area contributed by atoms with Crippen LogP contribution in [0.2, 0.25) is 0 Å². The molecule has 0 radical (unpaired) electrons. The summed E-state index contributed by atoms with van der Waals surface area (Å²) in [6.07, 6.45) is 3.55. The van der Waals surface area contributed by atoms with Crippen LogP contribution >= 0.6 is 0 Å². The zero-order valence-electron chi connectivity index (χ0n) is 16.7. The molecule has 1 fully saturated rings. The first-order chi connectivity index (χ1) is 13.9. The number of hydrogen-bond acceptors (Lipinski definition) is 4. The fourth-order valence-corrected chi connectivity index (χ4v) is 3.86. The second-order valence-electron chi connectivity index (χ2n) is 7.31. The SMILES string of the molecule is CC(=O)N(CC(=O)O)C1CCCN(C(=O)c2cnn(-c3ccccc3)c2C)CC1. The van der Waals surface area contributed by atoms with E-state index in [0.29, 0.717) is 37.9 Å². The number of aromatic nitrogens is 2. The Morgan fingerprint density at radius 2 is 1.90 bits per heavy atom. The molecule has 0 bridgehead atoms. The van der Waals surface area contributed by atoms with E-state index in [4.69, 9.17) is 5.11 Å². The Bertz CT molecular complexity index is 893. The van der Waals surface area contributed by atoms with Crippen molar-refractivity contribution in [1.29, 1.82) is 0 Å². The number of likely N-dealkylation sites (tertiary alicyclic amines) is 1. The van der Waals surface area contributed by atoms with Crippen LogP contribution in [0.15, 0.2) is 36.5 Å². The molecule has 3 rings (SSSR count). The highest BCUT2D eigenvalue weighted by Crippen LogP contribution is 2.21. The van der Waals surface area contributed by atoms with Crippen molar-refractivity contribution in [3.05, 3.63) is 47.8 Å². The Morgan fingerprint density at radius 1 is 1.17 bits per heavy atom. The van der Waals surface area contributed by atoms with Crippen molar-refractivity contribution in [2.75, 3.05) is 19.6 Å². The lowest BCUT2D eigenvalue weighted by molar-refractivity contribution is -0.145. The van der Waals surface area contributed by atoms with E-state index >= 15 is 0 Å². The molecule has 2 amide bonds. The van der Waals surface area contributed by atoms with E-state index in [-0.39, 0.29) is 24.4 Å². The standard InChI is InChI=1S/C21H26N4O4/c1-15-19(13-22-25(15)18-7-4-3-5-8-18)21(29)23-11-6-9-17(10-12-23)24(16(2)26)14-20(27)28/h3-5,7-8,13,17H,6,9-12,14H2,1-2H3,(H,27,28). The molecule has 1 aliphatic heterocycles. The third-order valence-electron chi connectivity index (χ3n) is 5.38. The summed E-state index contributed by atoms with van der Waals surface area (Å²) < 4.78 is 1.75. The highest BCUT2D eigenvalue weighted by atomic mass is 16.4. The highest BCUT2D eigenvalue weighted by molar-refractivity contribution is 5.95. The predicted octanol–water partition coefficient (Wildman–Crippen LogP) is 2.11. The molecule has 0 spiro atoms. The highest BCUT2D eigenvalue weighted by Gasteiger charge is 2.29. The van der Waals surface area contributed by atoms with Gasteiger partial charge in [-0.3, -0.25) is 14.4 Å².